The number of piperidine rings is 1. The number of hydrogen-bond donors (Lipinski definition) is 2. The summed E-state index contributed by atoms with van der Waals surface area (Å²) in [6.45, 7) is 5.42. The van der Waals surface area contributed by atoms with E-state index in [9.17, 15) is 4.79 Å². The summed E-state index contributed by atoms with van der Waals surface area (Å²) in [5.41, 5.74) is 0. The van der Waals surface area contributed by atoms with E-state index in [4.69, 9.17) is 0 Å². The van der Waals surface area contributed by atoms with Crippen LogP contribution in [0.2, 0.25) is 0 Å². The third-order valence-electron chi connectivity index (χ3n) is 5.51. The van der Waals surface area contributed by atoms with Gasteiger partial charge in [0.1, 0.15) is 0 Å². The van der Waals surface area contributed by atoms with Gasteiger partial charge in [0, 0.05) is 13.0 Å². The van der Waals surface area contributed by atoms with Gasteiger partial charge in [-0.15, -0.1) is 12.4 Å². The maximum absolute atomic E-state index is 12.2. The normalized spacial score (nSPS) is 23.0. The van der Waals surface area contributed by atoms with Crippen LogP contribution in [-0.2, 0) is 4.79 Å². The lowest BCUT2D eigenvalue weighted by Gasteiger charge is -2.28. The number of nitrogens with one attached hydrogen (secondary N) is 2. The number of amides is 1. The van der Waals surface area contributed by atoms with Crippen LogP contribution in [0.15, 0.2) is 0 Å². The van der Waals surface area contributed by atoms with Crippen LogP contribution in [0, 0.1) is 17.8 Å². The molecule has 1 saturated carbocycles. The van der Waals surface area contributed by atoms with E-state index in [2.05, 4.69) is 17.6 Å². The summed E-state index contributed by atoms with van der Waals surface area (Å²) >= 11 is 0. The number of halogens is 1. The first-order valence-corrected chi connectivity index (χ1v) is 9.23. The topological polar surface area (TPSA) is 41.1 Å². The highest BCUT2D eigenvalue weighted by molar-refractivity contribution is 5.85. The fourth-order valence-corrected chi connectivity index (χ4v) is 3.95. The van der Waals surface area contributed by atoms with E-state index < -0.39 is 0 Å². The zero-order valence-corrected chi connectivity index (χ0v) is 15.1. The van der Waals surface area contributed by atoms with Gasteiger partial charge in [-0.05, 0) is 56.5 Å². The maximum atomic E-state index is 12.2. The molecule has 2 aliphatic rings. The molecule has 1 atom stereocenters. The van der Waals surface area contributed by atoms with Crippen molar-refractivity contribution in [1.82, 2.24) is 10.6 Å². The summed E-state index contributed by atoms with van der Waals surface area (Å²) in [5, 5.41) is 6.62. The highest BCUT2D eigenvalue weighted by Crippen LogP contribution is 2.25. The average molecular weight is 331 g/mol. The summed E-state index contributed by atoms with van der Waals surface area (Å²) in [7, 11) is 0. The van der Waals surface area contributed by atoms with Gasteiger partial charge in [-0.1, -0.05) is 39.0 Å². The molecule has 0 aromatic heterocycles. The molecule has 0 aromatic carbocycles. The minimum atomic E-state index is 0. The lowest BCUT2D eigenvalue weighted by Crippen LogP contribution is -2.35. The first kappa shape index (κ1) is 19.8. The third-order valence-corrected chi connectivity index (χ3v) is 5.51. The van der Waals surface area contributed by atoms with E-state index in [0.717, 1.165) is 37.9 Å². The zero-order chi connectivity index (χ0) is 14.9. The van der Waals surface area contributed by atoms with Crippen molar-refractivity contribution in [1.29, 1.82) is 0 Å². The van der Waals surface area contributed by atoms with Crippen LogP contribution in [0.4, 0.5) is 0 Å². The SMILES string of the molecule is CC(CC(=O)NCC1CCCCCCC1)C1CCNCC1.Cl. The monoisotopic (exact) mass is 330 g/mol. The lowest BCUT2D eigenvalue weighted by molar-refractivity contribution is -0.122. The Labute approximate surface area is 142 Å². The van der Waals surface area contributed by atoms with E-state index in [0.29, 0.717) is 5.92 Å². The Bertz CT molecular complexity index is 297. The largest absolute Gasteiger partial charge is 0.356 e. The molecule has 1 amide bonds. The van der Waals surface area contributed by atoms with Crippen LogP contribution in [0.3, 0.4) is 0 Å². The number of hydrogen-bond acceptors (Lipinski definition) is 2. The lowest BCUT2D eigenvalue weighted by atomic mass is 9.84. The number of carbonyl (C=O) groups excluding carboxylic acids is 1. The molecule has 0 radical (unpaired) electrons. The van der Waals surface area contributed by atoms with Crippen molar-refractivity contribution in [3.63, 3.8) is 0 Å². The Hall–Kier alpha value is -0.280. The molecule has 1 saturated heterocycles. The molecule has 0 spiro atoms. The second kappa shape index (κ2) is 11.3. The summed E-state index contributed by atoms with van der Waals surface area (Å²) in [4.78, 5) is 12.2. The van der Waals surface area contributed by atoms with Crippen LogP contribution in [-0.4, -0.2) is 25.5 Å². The van der Waals surface area contributed by atoms with Gasteiger partial charge in [0.25, 0.3) is 0 Å². The number of rotatable bonds is 5. The number of carbonyl (C=O) groups is 1. The highest BCUT2D eigenvalue weighted by atomic mass is 35.5. The highest BCUT2D eigenvalue weighted by Gasteiger charge is 2.22. The fourth-order valence-electron chi connectivity index (χ4n) is 3.95. The molecule has 2 N–H and O–H groups in total. The van der Waals surface area contributed by atoms with Gasteiger partial charge in [0.2, 0.25) is 5.91 Å². The molecule has 0 bridgehead atoms. The molecule has 2 rings (SSSR count). The molecule has 1 heterocycles. The summed E-state index contributed by atoms with van der Waals surface area (Å²) in [6.07, 6.45) is 12.7. The maximum Gasteiger partial charge on any atom is 0.220 e. The van der Waals surface area contributed by atoms with E-state index in [1.54, 1.807) is 0 Å². The van der Waals surface area contributed by atoms with Crippen LogP contribution in [0.5, 0.6) is 0 Å². The molecule has 1 aliphatic heterocycles. The van der Waals surface area contributed by atoms with E-state index >= 15 is 0 Å². The van der Waals surface area contributed by atoms with Gasteiger partial charge in [0.05, 0.1) is 0 Å². The van der Waals surface area contributed by atoms with Crippen LogP contribution < -0.4 is 10.6 Å². The van der Waals surface area contributed by atoms with Gasteiger partial charge in [-0.3, -0.25) is 4.79 Å². The standard InChI is InChI=1S/C18H34N2O.ClH/c1-15(17-9-11-19-12-10-17)13-18(21)20-14-16-7-5-3-2-4-6-8-16;/h15-17,19H,2-14H2,1H3,(H,20,21);1H. The van der Waals surface area contributed by atoms with Gasteiger partial charge in [0.15, 0.2) is 0 Å². The van der Waals surface area contributed by atoms with Crippen molar-refractivity contribution in [3.8, 4) is 0 Å². The first-order valence-electron chi connectivity index (χ1n) is 9.23. The minimum absolute atomic E-state index is 0. The molecule has 2 fully saturated rings. The predicted molar refractivity (Wildman–Crippen MR) is 95.4 cm³/mol. The van der Waals surface area contributed by atoms with E-state index in [1.807, 2.05) is 0 Å². The Balaban J connectivity index is 0.00000242. The van der Waals surface area contributed by atoms with Crippen LogP contribution in [0.1, 0.15) is 71.1 Å². The Morgan fingerprint density at radius 1 is 1.05 bits per heavy atom. The predicted octanol–water partition coefficient (Wildman–Crippen LogP) is 3.91. The van der Waals surface area contributed by atoms with Crippen molar-refractivity contribution >= 4 is 18.3 Å². The molecule has 4 heteroatoms. The van der Waals surface area contributed by atoms with Gasteiger partial charge < -0.3 is 10.6 Å². The molecule has 1 unspecified atom stereocenters. The first-order chi connectivity index (χ1) is 10.3. The Kier molecular flexibility index (Phi) is 10.1. The van der Waals surface area contributed by atoms with Crippen molar-refractivity contribution in [3.05, 3.63) is 0 Å². The van der Waals surface area contributed by atoms with Crippen molar-refractivity contribution in [2.75, 3.05) is 19.6 Å². The minimum Gasteiger partial charge on any atom is -0.356 e. The summed E-state index contributed by atoms with van der Waals surface area (Å²) in [6, 6.07) is 0. The second-order valence-corrected chi connectivity index (χ2v) is 7.28. The van der Waals surface area contributed by atoms with Gasteiger partial charge in [-0.2, -0.15) is 0 Å². The van der Waals surface area contributed by atoms with Crippen molar-refractivity contribution in [2.24, 2.45) is 17.8 Å². The molecule has 1 aliphatic carbocycles. The second-order valence-electron chi connectivity index (χ2n) is 7.28. The third kappa shape index (κ3) is 7.32. The molecule has 22 heavy (non-hydrogen) atoms. The van der Waals surface area contributed by atoms with Crippen molar-refractivity contribution < 1.29 is 4.79 Å². The van der Waals surface area contributed by atoms with E-state index in [1.165, 1.54) is 57.8 Å². The molecule has 0 aromatic rings. The van der Waals surface area contributed by atoms with Gasteiger partial charge in [-0.25, -0.2) is 0 Å². The fraction of sp³-hybridized carbons (Fsp3) is 0.944. The molecular formula is C18H35ClN2O. The van der Waals surface area contributed by atoms with Gasteiger partial charge >= 0.3 is 0 Å². The molecule has 3 nitrogen and oxygen atoms in total. The van der Waals surface area contributed by atoms with Crippen molar-refractivity contribution in [2.45, 2.75) is 71.1 Å². The quantitative estimate of drug-likeness (QED) is 0.802. The zero-order valence-electron chi connectivity index (χ0n) is 14.2. The molecular weight excluding hydrogens is 296 g/mol. The average Bonchev–Trinajstić information content (AvgIpc) is 2.47. The molecule has 130 valence electrons. The Morgan fingerprint density at radius 2 is 1.64 bits per heavy atom. The summed E-state index contributed by atoms with van der Waals surface area (Å²) in [5.74, 6) is 2.27. The smallest absolute Gasteiger partial charge is 0.220 e. The van der Waals surface area contributed by atoms with Crippen LogP contribution >= 0.6 is 12.4 Å². The van der Waals surface area contributed by atoms with E-state index in [-0.39, 0.29) is 18.3 Å². The summed E-state index contributed by atoms with van der Waals surface area (Å²) < 4.78 is 0. The van der Waals surface area contributed by atoms with Crippen LogP contribution in [0.25, 0.3) is 0 Å². The Morgan fingerprint density at radius 3 is 2.27 bits per heavy atom.